The molecule has 1 heterocycles. The number of nitrogens with zero attached hydrogens (tertiary/aromatic N) is 1. The van der Waals surface area contributed by atoms with Crippen molar-refractivity contribution >= 4 is 28.5 Å². The number of carbonyl (C=O) groups excluding carboxylic acids is 2. The summed E-state index contributed by atoms with van der Waals surface area (Å²) in [5.41, 5.74) is 2.20. The minimum Gasteiger partial charge on any atom is -0.452 e. The molecule has 3 aromatic rings. The Kier molecular flexibility index (Phi) is 5.04. The summed E-state index contributed by atoms with van der Waals surface area (Å²) in [5.74, 6) is -0.829. The van der Waals surface area contributed by atoms with E-state index >= 15 is 0 Å². The fraction of sp³-hybridized carbons (Fsp3) is 0.150. The Hall–Kier alpha value is -3.21. The SMILES string of the molecule is CC(OC(=O)Cc1cccc2cccnc12)C(=O)Nc1ccccc1. The first-order chi connectivity index (χ1) is 12.1. The smallest absolute Gasteiger partial charge is 0.311 e. The number of rotatable bonds is 5. The van der Waals surface area contributed by atoms with Gasteiger partial charge in [-0.2, -0.15) is 0 Å². The number of pyridine rings is 1. The van der Waals surface area contributed by atoms with Crippen LogP contribution in [0.3, 0.4) is 0 Å². The van der Waals surface area contributed by atoms with Crippen molar-refractivity contribution < 1.29 is 14.3 Å². The topological polar surface area (TPSA) is 68.3 Å². The summed E-state index contributed by atoms with van der Waals surface area (Å²) >= 11 is 0. The van der Waals surface area contributed by atoms with Crippen molar-refractivity contribution in [3.05, 3.63) is 72.4 Å². The molecule has 3 rings (SSSR count). The third-order valence-electron chi connectivity index (χ3n) is 3.77. The van der Waals surface area contributed by atoms with E-state index in [-0.39, 0.29) is 12.3 Å². The fourth-order valence-corrected chi connectivity index (χ4v) is 2.52. The third kappa shape index (κ3) is 4.20. The van der Waals surface area contributed by atoms with Crippen LogP contribution in [0.1, 0.15) is 12.5 Å². The number of carbonyl (C=O) groups is 2. The predicted octanol–water partition coefficient (Wildman–Crippen LogP) is 3.35. The van der Waals surface area contributed by atoms with Gasteiger partial charge in [-0.05, 0) is 30.7 Å². The normalized spacial score (nSPS) is 11.7. The highest BCUT2D eigenvalue weighted by atomic mass is 16.5. The lowest BCUT2D eigenvalue weighted by molar-refractivity contribution is -0.152. The molecule has 5 heteroatoms. The first kappa shape index (κ1) is 16.6. The maximum absolute atomic E-state index is 12.2. The molecule has 0 radical (unpaired) electrons. The van der Waals surface area contributed by atoms with Crippen LogP contribution in [0.2, 0.25) is 0 Å². The zero-order chi connectivity index (χ0) is 17.6. The number of aromatic nitrogens is 1. The van der Waals surface area contributed by atoms with Gasteiger partial charge in [0.2, 0.25) is 0 Å². The second-order valence-electron chi connectivity index (χ2n) is 5.66. The lowest BCUT2D eigenvalue weighted by Gasteiger charge is -2.14. The van der Waals surface area contributed by atoms with Crippen LogP contribution < -0.4 is 5.32 Å². The number of hydrogen-bond acceptors (Lipinski definition) is 4. The highest BCUT2D eigenvalue weighted by Crippen LogP contribution is 2.17. The van der Waals surface area contributed by atoms with E-state index in [9.17, 15) is 9.59 Å². The standard InChI is InChI=1S/C20H18N2O3/c1-14(20(24)22-17-10-3-2-4-11-17)25-18(23)13-16-8-5-7-15-9-6-12-21-19(15)16/h2-12,14H,13H2,1H3,(H,22,24). The largest absolute Gasteiger partial charge is 0.452 e. The van der Waals surface area contributed by atoms with E-state index in [4.69, 9.17) is 4.74 Å². The van der Waals surface area contributed by atoms with Crippen molar-refractivity contribution in [2.75, 3.05) is 5.32 Å². The summed E-state index contributed by atoms with van der Waals surface area (Å²) in [6.07, 6.45) is 0.875. The summed E-state index contributed by atoms with van der Waals surface area (Å²) in [7, 11) is 0. The summed E-state index contributed by atoms with van der Waals surface area (Å²) in [4.78, 5) is 28.6. The highest BCUT2D eigenvalue weighted by Gasteiger charge is 2.18. The third-order valence-corrected chi connectivity index (χ3v) is 3.77. The van der Waals surface area contributed by atoms with Crippen LogP contribution in [-0.4, -0.2) is 23.0 Å². The van der Waals surface area contributed by atoms with Crippen LogP contribution in [0.25, 0.3) is 10.9 Å². The van der Waals surface area contributed by atoms with E-state index in [0.29, 0.717) is 5.69 Å². The number of para-hydroxylation sites is 2. The number of amides is 1. The van der Waals surface area contributed by atoms with Crippen molar-refractivity contribution in [3.63, 3.8) is 0 Å². The molecule has 0 saturated heterocycles. The second-order valence-corrected chi connectivity index (χ2v) is 5.66. The number of esters is 1. The van der Waals surface area contributed by atoms with Crippen LogP contribution in [0.4, 0.5) is 5.69 Å². The Bertz CT molecular complexity index is 888. The molecule has 0 spiro atoms. The van der Waals surface area contributed by atoms with Crippen LogP contribution in [0.15, 0.2) is 66.9 Å². The molecule has 126 valence electrons. The summed E-state index contributed by atoms with van der Waals surface area (Å²) in [6, 6.07) is 18.5. The Balaban J connectivity index is 1.62. The van der Waals surface area contributed by atoms with Gasteiger partial charge in [0.05, 0.1) is 11.9 Å². The zero-order valence-electron chi connectivity index (χ0n) is 13.8. The minimum absolute atomic E-state index is 0.0668. The van der Waals surface area contributed by atoms with Crippen molar-refractivity contribution in [1.82, 2.24) is 4.98 Å². The van der Waals surface area contributed by atoms with E-state index in [1.54, 1.807) is 25.3 Å². The first-order valence-electron chi connectivity index (χ1n) is 8.01. The molecule has 1 N–H and O–H groups in total. The summed E-state index contributed by atoms with van der Waals surface area (Å²) in [6.45, 7) is 1.55. The molecule has 0 aliphatic rings. The van der Waals surface area contributed by atoms with Gasteiger partial charge in [-0.3, -0.25) is 14.6 Å². The van der Waals surface area contributed by atoms with Crippen molar-refractivity contribution in [3.8, 4) is 0 Å². The zero-order valence-corrected chi connectivity index (χ0v) is 13.8. The van der Waals surface area contributed by atoms with E-state index in [2.05, 4.69) is 10.3 Å². The summed E-state index contributed by atoms with van der Waals surface area (Å²) < 4.78 is 5.26. The average molecular weight is 334 g/mol. The molecule has 2 aromatic carbocycles. The number of hydrogen-bond donors (Lipinski definition) is 1. The van der Waals surface area contributed by atoms with E-state index in [1.807, 2.05) is 48.5 Å². The molecule has 5 nitrogen and oxygen atoms in total. The molecule has 0 bridgehead atoms. The molecule has 1 aromatic heterocycles. The molecule has 1 unspecified atom stereocenters. The quantitative estimate of drug-likeness (QED) is 0.727. The molecule has 1 atom stereocenters. The Morgan fingerprint density at radius 3 is 2.60 bits per heavy atom. The van der Waals surface area contributed by atoms with Crippen LogP contribution in [0.5, 0.6) is 0 Å². The Morgan fingerprint density at radius 1 is 1.04 bits per heavy atom. The minimum atomic E-state index is -0.879. The summed E-state index contributed by atoms with van der Waals surface area (Å²) in [5, 5.41) is 3.67. The molecule has 0 fully saturated rings. The Morgan fingerprint density at radius 2 is 1.80 bits per heavy atom. The van der Waals surface area contributed by atoms with Gasteiger partial charge in [-0.1, -0.05) is 42.5 Å². The number of ether oxygens (including phenoxy) is 1. The molecule has 0 saturated carbocycles. The molecule has 0 aliphatic carbocycles. The van der Waals surface area contributed by atoms with Gasteiger partial charge >= 0.3 is 5.97 Å². The number of benzene rings is 2. The van der Waals surface area contributed by atoms with E-state index < -0.39 is 12.1 Å². The van der Waals surface area contributed by atoms with Gasteiger partial charge in [0, 0.05) is 17.3 Å². The lowest BCUT2D eigenvalue weighted by Crippen LogP contribution is -2.30. The van der Waals surface area contributed by atoms with Crippen molar-refractivity contribution in [2.45, 2.75) is 19.4 Å². The van der Waals surface area contributed by atoms with Crippen molar-refractivity contribution in [1.29, 1.82) is 0 Å². The van der Waals surface area contributed by atoms with Gasteiger partial charge in [0.1, 0.15) is 0 Å². The predicted molar refractivity (Wildman–Crippen MR) is 96.1 cm³/mol. The highest BCUT2D eigenvalue weighted by molar-refractivity contribution is 5.95. The average Bonchev–Trinajstić information content (AvgIpc) is 2.63. The number of fused-ring (bicyclic) bond motifs is 1. The fourth-order valence-electron chi connectivity index (χ4n) is 2.52. The van der Waals surface area contributed by atoms with Gasteiger partial charge in [-0.25, -0.2) is 0 Å². The van der Waals surface area contributed by atoms with Gasteiger partial charge in [0.25, 0.3) is 5.91 Å². The maximum atomic E-state index is 12.2. The van der Waals surface area contributed by atoms with E-state index in [0.717, 1.165) is 16.5 Å². The van der Waals surface area contributed by atoms with E-state index in [1.165, 1.54) is 0 Å². The van der Waals surface area contributed by atoms with Crippen molar-refractivity contribution in [2.24, 2.45) is 0 Å². The molecular weight excluding hydrogens is 316 g/mol. The molecule has 1 amide bonds. The molecule has 0 aliphatic heterocycles. The van der Waals surface area contributed by atoms with Gasteiger partial charge < -0.3 is 10.1 Å². The monoisotopic (exact) mass is 334 g/mol. The van der Waals surface area contributed by atoms with Gasteiger partial charge in [0.15, 0.2) is 6.10 Å². The van der Waals surface area contributed by atoms with Crippen LogP contribution in [0, 0.1) is 0 Å². The van der Waals surface area contributed by atoms with Gasteiger partial charge in [-0.15, -0.1) is 0 Å². The maximum Gasteiger partial charge on any atom is 0.311 e. The molecule has 25 heavy (non-hydrogen) atoms. The lowest BCUT2D eigenvalue weighted by atomic mass is 10.1. The Labute approximate surface area is 145 Å². The number of anilines is 1. The van der Waals surface area contributed by atoms with Crippen LogP contribution >= 0.6 is 0 Å². The second kappa shape index (κ2) is 7.57. The van der Waals surface area contributed by atoms with Crippen LogP contribution in [-0.2, 0) is 20.7 Å². The number of nitrogens with one attached hydrogen (secondary N) is 1. The molecular formula is C20H18N2O3. The first-order valence-corrected chi connectivity index (χ1v) is 8.01.